The minimum atomic E-state index is 0.194. The first-order valence-electron chi connectivity index (χ1n) is 7.10. The molecule has 0 aliphatic carbocycles. The van der Waals surface area contributed by atoms with Gasteiger partial charge in [0.05, 0.1) is 5.69 Å². The van der Waals surface area contributed by atoms with E-state index in [4.69, 9.17) is 5.73 Å². The van der Waals surface area contributed by atoms with Crippen LogP contribution in [0, 0.1) is 0 Å². The summed E-state index contributed by atoms with van der Waals surface area (Å²) in [4.78, 5) is 4.63. The molecule has 0 radical (unpaired) electrons. The van der Waals surface area contributed by atoms with E-state index < -0.39 is 0 Å². The van der Waals surface area contributed by atoms with Gasteiger partial charge in [0.25, 0.3) is 0 Å². The lowest BCUT2D eigenvalue weighted by molar-refractivity contribution is 0.480. The Bertz CT molecular complexity index is 1010. The van der Waals surface area contributed by atoms with Crippen LogP contribution >= 0.6 is 0 Å². The highest BCUT2D eigenvalue weighted by Gasteiger charge is 2.09. The third-order valence-corrected chi connectivity index (χ3v) is 3.93. The summed E-state index contributed by atoms with van der Waals surface area (Å²) in [6, 6.07) is 21.2. The van der Waals surface area contributed by atoms with Gasteiger partial charge < -0.3 is 10.8 Å². The molecule has 0 saturated heterocycles. The Kier molecular flexibility index (Phi) is 2.73. The van der Waals surface area contributed by atoms with Gasteiger partial charge in [-0.15, -0.1) is 0 Å². The molecule has 1 heterocycles. The number of hydrogen-bond donors (Lipinski definition) is 2. The number of aromatic hydroxyl groups is 1. The van der Waals surface area contributed by atoms with Crippen LogP contribution in [0.5, 0.6) is 5.75 Å². The lowest BCUT2D eigenvalue weighted by Gasteiger charge is -2.09. The molecule has 0 aliphatic heterocycles. The zero-order valence-corrected chi connectivity index (χ0v) is 11.8. The van der Waals surface area contributed by atoms with Gasteiger partial charge in [0.1, 0.15) is 11.3 Å². The van der Waals surface area contributed by atoms with Crippen molar-refractivity contribution in [3.63, 3.8) is 0 Å². The van der Waals surface area contributed by atoms with Gasteiger partial charge in [-0.25, -0.2) is 4.98 Å². The zero-order chi connectivity index (χ0) is 15.1. The first-order chi connectivity index (χ1) is 10.7. The largest absolute Gasteiger partial charge is 0.506 e. The molecule has 0 bridgehead atoms. The Morgan fingerprint density at radius 3 is 2.45 bits per heavy atom. The lowest BCUT2D eigenvalue weighted by atomic mass is 10.00. The molecule has 0 unspecified atom stereocenters. The molecular formula is C19H14N2O. The maximum absolute atomic E-state index is 10.0. The van der Waals surface area contributed by atoms with Crippen LogP contribution in [0.3, 0.4) is 0 Å². The van der Waals surface area contributed by atoms with Gasteiger partial charge in [-0.05, 0) is 23.6 Å². The third-order valence-electron chi connectivity index (χ3n) is 3.93. The van der Waals surface area contributed by atoms with Crippen molar-refractivity contribution >= 4 is 27.4 Å². The number of phenolic OH excluding ortho intramolecular Hbond substituents is 1. The Morgan fingerprint density at radius 1 is 0.773 bits per heavy atom. The summed E-state index contributed by atoms with van der Waals surface area (Å²) in [5.41, 5.74) is 9.26. The van der Waals surface area contributed by atoms with Crippen molar-refractivity contribution in [2.75, 3.05) is 5.73 Å². The lowest BCUT2D eigenvalue weighted by Crippen LogP contribution is -1.91. The van der Waals surface area contributed by atoms with Crippen LogP contribution < -0.4 is 5.73 Å². The van der Waals surface area contributed by atoms with Crippen LogP contribution in [0.15, 0.2) is 66.7 Å². The molecule has 0 fully saturated rings. The summed E-state index contributed by atoms with van der Waals surface area (Å²) in [5.74, 6) is 0.194. The number of pyridine rings is 1. The predicted molar refractivity (Wildman–Crippen MR) is 90.8 cm³/mol. The Hall–Kier alpha value is -3.07. The molecule has 22 heavy (non-hydrogen) atoms. The molecule has 4 rings (SSSR count). The average Bonchev–Trinajstić information content (AvgIpc) is 2.56. The van der Waals surface area contributed by atoms with Crippen molar-refractivity contribution < 1.29 is 5.11 Å². The van der Waals surface area contributed by atoms with Gasteiger partial charge in [-0.3, -0.25) is 0 Å². The normalized spacial score (nSPS) is 11.1. The molecule has 4 aromatic rings. The first-order valence-corrected chi connectivity index (χ1v) is 7.10. The highest BCUT2D eigenvalue weighted by Crippen LogP contribution is 2.33. The van der Waals surface area contributed by atoms with Crippen molar-refractivity contribution in [2.45, 2.75) is 0 Å². The summed E-state index contributed by atoms with van der Waals surface area (Å²) in [7, 11) is 0. The molecule has 3 nitrogen and oxygen atoms in total. The molecule has 0 aliphatic rings. The van der Waals surface area contributed by atoms with E-state index in [0.717, 1.165) is 33.1 Å². The number of nitrogen functional groups attached to an aromatic ring is 1. The van der Waals surface area contributed by atoms with E-state index in [1.165, 1.54) is 0 Å². The molecule has 3 N–H and O–H groups in total. The van der Waals surface area contributed by atoms with Crippen LogP contribution in [0.2, 0.25) is 0 Å². The Balaban J connectivity index is 2.03. The maximum atomic E-state index is 10.0. The van der Waals surface area contributed by atoms with Crippen LogP contribution in [-0.2, 0) is 0 Å². The number of aromatic nitrogens is 1. The fourth-order valence-corrected chi connectivity index (χ4v) is 2.83. The number of rotatable bonds is 1. The predicted octanol–water partition coefficient (Wildman–Crippen LogP) is 4.34. The fourth-order valence-electron chi connectivity index (χ4n) is 2.83. The second-order valence-electron chi connectivity index (χ2n) is 5.29. The number of nitrogens with zero attached hydrogens (tertiary/aromatic N) is 1. The SMILES string of the molecule is Nc1ccc(-c2ccc3cccc(O)c3n2)c2ccccc12. The Labute approximate surface area is 127 Å². The van der Waals surface area contributed by atoms with E-state index in [-0.39, 0.29) is 5.75 Å². The van der Waals surface area contributed by atoms with Crippen molar-refractivity contribution in [1.82, 2.24) is 4.98 Å². The van der Waals surface area contributed by atoms with Crippen molar-refractivity contribution in [2.24, 2.45) is 0 Å². The van der Waals surface area contributed by atoms with E-state index in [1.54, 1.807) is 6.07 Å². The molecule has 3 heteroatoms. The van der Waals surface area contributed by atoms with E-state index >= 15 is 0 Å². The summed E-state index contributed by atoms with van der Waals surface area (Å²) in [5, 5.41) is 13.0. The molecule has 0 saturated carbocycles. The van der Waals surface area contributed by atoms with Gasteiger partial charge in [0.15, 0.2) is 0 Å². The van der Waals surface area contributed by atoms with Gasteiger partial charge >= 0.3 is 0 Å². The number of fused-ring (bicyclic) bond motifs is 2. The van der Waals surface area contributed by atoms with E-state index in [9.17, 15) is 5.11 Å². The first kappa shape index (κ1) is 12.7. The monoisotopic (exact) mass is 286 g/mol. The quantitative estimate of drug-likeness (QED) is 0.512. The number of anilines is 1. The van der Waals surface area contributed by atoms with Crippen LogP contribution in [-0.4, -0.2) is 10.1 Å². The maximum Gasteiger partial charge on any atom is 0.141 e. The molecule has 106 valence electrons. The zero-order valence-electron chi connectivity index (χ0n) is 11.8. The number of para-hydroxylation sites is 1. The molecule has 0 atom stereocenters. The smallest absolute Gasteiger partial charge is 0.141 e. The molecule has 0 spiro atoms. The second-order valence-corrected chi connectivity index (χ2v) is 5.29. The van der Waals surface area contributed by atoms with Gasteiger partial charge in [-0.1, -0.05) is 48.5 Å². The van der Waals surface area contributed by atoms with Crippen molar-refractivity contribution in [3.8, 4) is 17.0 Å². The highest BCUT2D eigenvalue weighted by molar-refractivity contribution is 6.03. The van der Waals surface area contributed by atoms with Gasteiger partial charge in [-0.2, -0.15) is 0 Å². The number of phenols is 1. The van der Waals surface area contributed by atoms with Crippen LogP contribution in [0.1, 0.15) is 0 Å². The molecule has 0 amide bonds. The summed E-state index contributed by atoms with van der Waals surface area (Å²) in [6.07, 6.45) is 0. The summed E-state index contributed by atoms with van der Waals surface area (Å²) in [6.45, 7) is 0. The summed E-state index contributed by atoms with van der Waals surface area (Å²) < 4.78 is 0. The summed E-state index contributed by atoms with van der Waals surface area (Å²) >= 11 is 0. The highest BCUT2D eigenvalue weighted by atomic mass is 16.3. The average molecular weight is 286 g/mol. The Morgan fingerprint density at radius 2 is 1.59 bits per heavy atom. The van der Waals surface area contributed by atoms with E-state index in [0.29, 0.717) is 5.52 Å². The minimum Gasteiger partial charge on any atom is -0.506 e. The van der Waals surface area contributed by atoms with Crippen LogP contribution in [0.4, 0.5) is 5.69 Å². The minimum absolute atomic E-state index is 0.194. The van der Waals surface area contributed by atoms with Crippen molar-refractivity contribution in [1.29, 1.82) is 0 Å². The topological polar surface area (TPSA) is 59.1 Å². The van der Waals surface area contributed by atoms with Gasteiger partial charge in [0.2, 0.25) is 0 Å². The van der Waals surface area contributed by atoms with E-state index in [2.05, 4.69) is 4.98 Å². The number of nitrogens with two attached hydrogens (primary N) is 1. The van der Waals surface area contributed by atoms with E-state index in [1.807, 2.05) is 60.7 Å². The van der Waals surface area contributed by atoms with Crippen molar-refractivity contribution in [3.05, 3.63) is 66.7 Å². The third kappa shape index (κ3) is 1.87. The standard InChI is InChI=1S/C19H14N2O/c20-16-10-9-15(13-5-1-2-6-14(13)16)17-11-8-12-4-3-7-18(22)19(12)21-17/h1-11,22H,20H2. The molecule has 3 aromatic carbocycles. The van der Waals surface area contributed by atoms with Gasteiger partial charge in [0, 0.05) is 22.0 Å². The number of benzene rings is 3. The fraction of sp³-hybridized carbons (Fsp3) is 0. The number of hydrogen-bond acceptors (Lipinski definition) is 3. The second kappa shape index (κ2) is 4.74. The molecular weight excluding hydrogens is 272 g/mol. The molecule has 1 aromatic heterocycles. The van der Waals surface area contributed by atoms with Crippen LogP contribution in [0.25, 0.3) is 32.9 Å².